The summed E-state index contributed by atoms with van der Waals surface area (Å²) in [6, 6.07) is 1.77. The SMILES string of the molecule is Cn1ccc(NC(=O)CN2CCC(C(O)c3nccn3C)CC2)n1. The van der Waals surface area contributed by atoms with Crippen LogP contribution in [0.5, 0.6) is 0 Å². The molecule has 0 saturated carbocycles. The van der Waals surface area contributed by atoms with Crippen molar-refractivity contribution < 1.29 is 9.90 Å². The molecule has 3 heterocycles. The Morgan fingerprint density at radius 3 is 2.71 bits per heavy atom. The maximum atomic E-state index is 12.1. The van der Waals surface area contributed by atoms with E-state index >= 15 is 0 Å². The summed E-state index contributed by atoms with van der Waals surface area (Å²) in [5.74, 6) is 1.40. The largest absolute Gasteiger partial charge is 0.385 e. The van der Waals surface area contributed by atoms with Gasteiger partial charge < -0.3 is 15.0 Å². The number of carbonyl (C=O) groups is 1. The van der Waals surface area contributed by atoms with Crippen LogP contribution in [0.15, 0.2) is 24.7 Å². The minimum Gasteiger partial charge on any atom is -0.385 e. The van der Waals surface area contributed by atoms with Gasteiger partial charge in [0.15, 0.2) is 5.82 Å². The molecule has 0 aliphatic carbocycles. The van der Waals surface area contributed by atoms with Crippen molar-refractivity contribution in [2.75, 3.05) is 25.0 Å². The van der Waals surface area contributed by atoms with Gasteiger partial charge in [-0.05, 0) is 31.8 Å². The van der Waals surface area contributed by atoms with E-state index in [1.165, 1.54) is 0 Å². The number of nitrogens with zero attached hydrogens (tertiary/aromatic N) is 5. The van der Waals surface area contributed by atoms with Gasteiger partial charge in [-0.3, -0.25) is 14.4 Å². The fourth-order valence-electron chi connectivity index (χ4n) is 3.17. The van der Waals surface area contributed by atoms with Crippen LogP contribution in [0.1, 0.15) is 24.8 Å². The summed E-state index contributed by atoms with van der Waals surface area (Å²) >= 11 is 0. The van der Waals surface area contributed by atoms with Gasteiger partial charge in [0.2, 0.25) is 5.91 Å². The minimum absolute atomic E-state index is 0.0585. The van der Waals surface area contributed by atoms with E-state index < -0.39 is 6.10 Å². The van der Waals surface area contributed by atoms with Gasteiger partial charge in [0.1, 0.15) is 11.9 Å². The fourth-order valence-corrected chi connectivity index (χ4v) is 3.17. The maximum Gasteiger partial charge on any atom is 0.239 e. The molecule has 8 nitrogen and oxygen atoms in total. The van der Waals surface area contributed by atoms with Crippen molar-refractivity contribution in [1.29, 1.82) is 0 Å². The van der Waals surface area contributed by atoms with Crippen molar-refractivity contribution in [2.24, 2.45) is 20.0 Å². The Bertz CT molecular complexity index is 686. The third kappa shape index (κ3) is 3.82. The number of aliphatic hydroxyl groups is 1. The predicted molar refractivity (Wildman–Crippen MR) is 89.2 cm³/mol. The summed E-state index contributed by atoms with van der Waals surface area (Å²) in [6.45, 7) is 1.94. The van der Waals surface area contributed by atoms with Gasteiger partial charge in [0.25, 0.3) is 0 Å². The molecule has 1 aliphatic rings. The molecule has 1 unspecified atom stereocenters. The quantitative estimate of drug-likeness (QED) is 0.834. The van der Waals surface area contributed by atoms with E-state index in [0.29, 0.717) is 18.2 Å². The number of anilines is 1. The second kappa shape index (κ2) is 7.14. The summed E-state index contributed by atoms with van der Waals surface area (Å²) in [5, 5.41) is 17.4. The molecule has 130 valence electrons. The van der Waals surface area contributed by atoms with Gasteiger partial charge in [-0.2, -0.15) is 5.10 Å². The average molecular weight is 332 g/mol. The molecule has 0 radical (unpaired) electrons. The third-order valence-electron chi connectivity index (χ3n) is 4.55. The van der Waals surface area contributed by atoms with Crippen LogP contribution in [0.3, 0.4) is 0 Å². The van der Waals surface area contributed by atoms with E-state index in [2.05, 4.69) is 20.3 Å². The van der Waals surface area contributed by atoms with E-state index in [1.807, 2.05) is 24.9 Å². The lowest BCUT2D eigenvalue weighted by Crippen LogP contribution is -2.40. The fraction of sp³-hybridized carbons (Fsp3) is 0.562. The van der Waals surface area contributed by atoms with E-state index in [4.69, 9.17) is 0 Å². The van der Waals surface area contributed by atoms with Crippen molar-refractivity contribution in [3.63, 3.8) is 0 Å². The number of aliphatic hydroxyl groups excluding tert-OH is 1. The molecule has 1 aliphatic heterocycles. The van der Waals surface area contributed by atoms with Crippen LogP contribution in [-0.4, -0.2) is 54.9 Å². The Morgan fingerprint density at radius 2 is 2.12 bits per heavy atom. The molecule has 0 spiro atoms. The van der Waals surface area contributed by atoms with Gasteiger partial charge in [-0.1, -0.05) is 0 Å². The minimum atomic E-state index is -0.547. The lowest BCUT2D eigenvalue weighted by Gasteiger charge is -2.33. The van der Waals surface area contributed by atoms with Crippen molar-refractivity contribution in [2.45, 2.75) is 18.9 Å². The third-order valence-corrected chi connectivity index (χ3v) is 4.55. The normalized spacial score (nSPS) is 17.8. The van der Waals surface area contributed by atoms with Crippen LogP contribution in [0.4, 0.5) is 5.82 Å². The molecular formula is C16H24N6O2. The van der Waals surface area contributed by atoms with Crippen LogP contribution in [0.2, 0.25) is 0 Å². The van der Waals surface area contributed by atoms with Crippen LogP contribution in [0.25, 0.3) is 0 Å². The first kappa shape index (κ1) is 16.7. The highest BCUT2D eigenvalue weighted by Crippen LogP contribution is 2.29. The maximum absolute atomic E-state index is 12.1. The molecule has 0 bridgehead atoms. The Kier molecular flexibility index (Phi) is 4.96. The Morgan fingerprint density at radius 1 is 1.38 bits per heavy atom. The van der Waals surface area contributed by atoms with E-state index in [-0.39, 0.29) is 11.8 Å². The summed E-state index contributed by atoms with van der Waals surface area (Å²) in [6.07, 6.45) is 6.50. The second-order valence-corrected chi connectivity index (χ2v) is 6.38. The number of hydrogen-bond donors (Lipinski definition) is 2. The predicted octanol–water partition coefficient (Wildman–Crippen LogP) is 0.538. The summed E-state index contributed by atoms with van der Waals surface area (Å²) in [7, 11) is 3.70. The Hall–Kier alpha value is -2.19. The van der Waals surface area contributed by atoms with Gasteiger partial charge in [-0.25, -0.2) is 4.98 Å². The van der Waals surface area contributed by atoms with Crippen LogP contribution < -0.4 is 5.32 Å². The molecule has 24 heavy (non-hydrogen) atoms. The summed E-state index contributed by atoms with van der Waals surface area (Å²) < 4.78 is 3.51. The molecule has 3 rings (SSSR count). The lowest BCUT2D eigenvalue weighted by molar-refractivity contribution is -0.117. The summed E-state index contributed by atoms with van der Waals surface area (Å²) in [4.78, 5) is 18.4. The number of likely N-dealkylation sites (tertiary alicyclic amines) is 1. The molecule has 1 atom stereocenters. The molecule has 1 fully saturated rings. The number of carbonyl (C=O) groups excluding carboxylic acids is 1. The highest BCUT2D eigenvalue weighted by atomic mass is 16.3. The zero-order chi connectivity index (χ0) is 17.1. The molecular weight excluding hydrogens is 308 g/mol. The Labute approximate surface area is 141 Å². The zero-order valence-electron chi connectivity index (χ0n) is 14.1. The number of amides is 1. The monoisotopic (exact) mass is 332 g/mol. The topological polar surface area (TPSA) is 88.2 Å². The van der Waals surface area contributed by atoms with E-state index in [9.17, 15) is 9.90 Å². The zero-order valence-corrected chi connectivity index (χ0v) is 14.1. The number of nitrogens with one attached hydrogen (secondary N) is 1. The van der Waals surface area contributed by atoms with Crippen molar-refractivity contribution in [3.8, 4) is 0 Å². The molecule has 2 N–H and O–H groups in total. The molecule has 2 aromatic heterocycles. The number of aryl methyl sites for hydroxylation is 2. The molecule has 0 aromatic carbocycles. The first-order chi connectivity index (χ1) is 11.5. The lowest BCUT2D eigenvalue weighted by atomic mass is 9.90. The van der Waals surface area contributed by atoms with Crippen LogP contribution in [0, 0.1) is 5.92 Å². The number of aromatic nitrogens is 4. The highest BCUT2D eigenvalue weighted by Gasteiger charge is 2.29. The van der Waals surface area contributed by atoms with E-state index in [1.54, 1.807) is 23.1 Å². The number of rotatable bonds is 5. The average Bonchev–Trinajstić information content (AvgIpc) is 3.15. The first-order valence-corrected chi connectivity index (χ1v) is 8.20. The number of imidazole rings is 1. The molecule has 1 amide bonds. The molecule has 8 heteroatoms. The smallest absolute Gasteiger partial charge is 0.239 e. The standard InChI is InChI=1S/C16H24N6O2/c1-20-10-6-17-16(20)15(24)12-3-8-22(9-4-12)11-14(23)18-13-5-7-21(2)19-13/h5-7,10,12,15,24H,3-4,8-9,11H2,1-2H3,(H,18,19,23). The van der Waals surface area contributed by atoms with Crippen LogP contribution in [-0.2, 0) is 18.9 Å². The van der Waals surface area contributed by atoms with Crippen molar-refractivity contribution >= 4 is 11.7 Å². The van der Waals surface area contributed by atoms with Crippen LogP contribution >= 0.6 is 0 Å². The first-order valence-electron chi connectivity index (χ1n) is 8.20. The second-order valence-electron chi connectivity index (χ2n) is 6.38. The van der Waals surface area contributed by atoms with Crippen molar-refractivity contribution in [1.82, 2.24) is 24.2 Å². The van der Waals surface area contributed by atoms with Gasteiger partial charge in [0, 0.05) is 38.8 Å². The van der Waals surface area contributed by atoms with Gasteiger partial charge in [0.05, 0.1) is 6.54 Å². The summed E-state index contributed by atoms with van der Waals surface area (Å²) in [5.41, 5.74) is 0. The molecule has 1 saturated heterocycles. The van der Waals surface area contributed by atoms with Gasteiger partial charge >= 0.3 is 0 Å². The van der Waals surface area contributed by atoms with Gasteiger partial charge in [-0.15, -0.1) is 0 Å². The molecule has 2 aromatic rings. The highest BCUT2D eigenvalue weighted by molar-refractivity contribution is 5.91. The Balaban J connectivity index is 1.46. The van der Waals surface area contributed by atoms with Crippen molar-refractivity contribution in [3.05, 3.63) is 30.5 Å². The number of hydrogen-bond acceptors (Lipinski definition) is 5. The van der Waals surface area contributed by atoms with E-state index in [0.717, 1.165) is 25.9 Å². The number of piperidine rings is 1.